The van der Waals surface area contributed by atoms with E-state index in [0.717, 1.165) is 37.9 Å². The molecule has 1 saturated heterocycles. The summed E-state index contributed by atoms with van der Waals surface area (Å²) >= 11 is 0. The van der Waals surface area contributed by atoms with Crippen LogP contribution >= 0.6 is 0 Å². The Labute approximate surface area is 250 Å². The van der Waals surface area contributed by atoms with Gasteiger partial charge in [-0.3, -0.25) is 10.1 Å². The summed E-state index contributed by atoms with van der Waals surface area (Å²) in [6.07, 6.45) is 3.76. The van der Waals surface area contributed by atoms with Crippen molar-refractivity contribution in [2.45, 2.75) is 64.8 Å². The maximum Gasteiger partial charge on any atom is 0.336 e. The van der Waals surface area contributed by atoms with E-state index >= 15 is 0 Å². The number of hydrogen-bond acceptors (Lipinski definition) is 10. The summed E-state index contributed by atoms with van der Waals surface area (Å²) in [5.41, 5.74) is 2.61. The molecule has 0 spiro atoms. The number of carbonyl (C=O) groups excluding carboxylic acids is 2. The number of nitro benzene ring substituents is 1. The first-order chi connectivity index (χ1) is 20.7. The third kappa shape index (κ3) is 8.20. The fraction of sp³-hybridized carbons (Fsp3) is 0.438. The molecule has 11 heteroatoms. The van der Waals surface area contributed by atoms with Gasteiger partial charge in [0.1, 0.15) is 19.0 Å². The lowest BCUT2D eigenvalue weighted by Crippen LogP contribution is -2.32. The molecule has 0 radical (unpaired) electrons. The highest BCUT2D eigenvalue weighted by Crippen LogP contribution is 2.40. The number of hydrogen-bond donors (Lipinski definition) is 1. The Kier molecular flexibility index (Phi) is 10.9. The molecule has 1 fully saturated rings. The summed E-state index contributed by atoms with van der Waals surface area (Å²) in [7, 11) is 1.24. The molecule has 0 amide bonds. The predicted octanol–water partition coefficient (Wildman–Crippen LogP) is 5.10. The molecule has 3 atom stereocenters. The Bertz CT molecular complexity index is 1380. The van der Waals surface area contributed by atoms with Gasteiger partial charge in [0, 0.05) is 30.1 Å². The van der Waals surface area contributed by atoms with Crippen molar-refractivity contribution in [3.05, 3.63) is 92.3 Å². The van der Waals surface area contributed by atoms with E-state index < -0.39 is 22.8 Å². The second-order valence-corrected chi connectivity index (χ2v) is 10.6. The highest BCUT2D eigenvalue weighted by atomic mass is 16.7. The number of nitrogens with zero attached hydrogens (tertiary/aromatic N) is 1. The maximum atomic E-state index is 13.4. The molecule has 2 aromatic rings. The second kappa shape index (κ2) is 14.8. The topological polar surface area (TPSA) is 135 Å². The highest BCUT2D eigenvalue weighted by Gasteiger charge is 2.38. The molecule has 1 N–H and O–H groups in total. The molecule has 2 aromatic carbocycles. The van der Waals surface area contributed by atoms with E-state index in [1.807, 2.05) is 31.2 Å². The molecular weight excluding hydrogens is 556 g/mol. The zero-order chi connectivity index (χ0) is 30.9. The molecule has 2 aliphatic heterocycles. The first-order valence-electron chi connectivity index (χ1n) is 14.3. The largest absolute Gasteiger partial charge is 0.490 e. The fourth-order valence-electron chi connectivity index (χ4n) is 5.35. The molecule has 2 heterocycles. The van der Waals surface area contributed by atoms with Gasteiger partial charge in [-0.25, -0.2) is 9.59 Å². The van der Waals surface area contributed by atoms with Crippen LogP contribution < -0.4 is 10.1 Å². The highest BCUT2D eigenvalue weighted by molar-refractivity contribution is 5.99. The number of non-ortho nitro benzene ring substituents is 1. The van der Waals surface area contributed by atoms with Crippen LogP contribution in [-0.4, -0.2) is 56.2 Å². The average Bonchev–Trinajstić information content (AvgIpc) is 2.99. The molecule has 2 aliphatic rings. The fourth-order valence-corrected chi connectivity index (χ4v) is 5.35. The average molecular weight is 595 g/mol. The summed E-state index contributed by atoms with van der Waals surface area (Å²) < 4.78 is 28.0. The maximum absolute atomic E-state index is 13.4. The van der Waals surface area contributed by atoms with E-state index in [9.17, 15) is 19.7 Å². The number of esters is 2. The number of nitro groups is 1. The molecule has 0 aromatic heterocycles. The van der Waals surface area contributed by atoms with Gasteiger partial charge < -0.3 is 29.0 Å². The molecule has 0 aliphatic carbocycles. The van der Waals surface area contributed by atoms with Crippen LogP contribution in [0.2, 0.25) is 0 Å². The Morgan fingerprint density at radius 1 is 1.05 bits per heavy atom. The number of benzene rings is 2. The van der Waals surface area contributed by atoms with Gasteiger partial charge in [-0.15, -0.1) is 0 Å². The number of ether oxygens (including phenoxy) is 5. The van der Waals surface area contributed by atoms with Crippen molar-refractivity contribution >= 4 is 17.6 Å². The van der Waals surface area contributed by atoms with Crippen molar-refractivity contribution in [1.82, 2.24) is 5.32 Å². The van der Waals surface area contributed by atoms with E-state index in [0.29, 0.717) is 22.7 Å². The van der Waals surface area contributed by atoms with Gasteiger partial charge in [0.2, 0.25) is 0 Å². The Morgan fingerprint density at radius 2 is 1.77 bits per heavy atom. The van der Waals surface area contributed by atoms with Crippen molar-refractivity contribution < 1.29 is 38.2 Å². The lowest BCUT2D eigenvalue weighted by Gasteiger charge is -2.30. The zero-order valence-electron chi connectivity index (χ0n) is 24.9. The van der Waals surface area contributed by atoms with Crippen LogP contribution in [0.3, 0.4) is 0 Å². The molecule has 4 rings (SSSR count). The van der Waals surface area contributed by atoms with Gasteiger partial charge in [-0.05, 0) is 69.7 Å². The summed E-state index contributed by atoms with van der Waals surface area (Å²) in [4.78, 5) is 37.1. The smallest absolute Gasteiger partial charge is 0.336 e. The van der Waals surface area contributed by atoms with E-state index in [4.69, 9.17) is 23.7 Å². The van der Waals surface area contributed by atoms with Crippen molar-refractivity contribution in [3.8, 4) is 5.75 Å². The van der Waals surface area contributed by atoms with Gasteiger partial charge >= 0.3 is 11.9 Å². The second-order valence-electron chi connectivity index (χ2n) is 10.6. The van der Waals surface area contributed by atoms with Gasteiger partial charge in [-0.2, -0.15) is 0 Å². The summed E-state index contributed by atoms with van der Waals surface area (Å²) in [6, 6.07) is 13.5. The molecular formula is C32H38N2O9. The standard InChI is InChI=1S/C32H38N2O9/c1-20(43-27-10-5-6-15-41-27)18-23-11-13-26(14-12-23)40-16-17-42-32(36)29-22(3)33-21(2)28(31(35)39-4)30(29)24-8-7-9-25(19-24)34(37)38/h7-9,11-14,19-20,27,30,33H,5-6,10,15-18H2,1-4H3/t20?,27-,30?/m0/s1. The minimum absolute atomic E-state index is 0.0190. The summed E-state index contributed by atoms with van der Waals surface area (Å²) in [5.74, 6) is -1.63. The van der Waals surface area contributed by atoms with E-state index in [-0.39, 0.29) is 42.4 Å². The van der Waals surface area contributed by atoms with E-state index in [1.165, 1.54) is 25.3 Å². The summed E-state index contributed by atoms with van der Waals surface area (Å²) in [5, 5.41) is 14.5. The SMILES string of the molecule is COC(=O)C1=C(C)NC(C)=C(C(=O)OCCOc2ccc(CC(C)O[C@H]3CCCCO3)cc2)C1c1cccc([N+](=O)[O-])c1. The van der Waals surface area contributed by atoms with Gasteiger partial charge in [0.15, 0.2) is 6.29 Å². The number of carbonyl (C=O) groups is 2. The summed E-state index contributed by atoms with van der Waals surface area (Å²) in [6.45, 7) is 6.19. The van der Waals surface area contributed by atoms with Crippen molar-refractivity contribution in [1.29, 1.82) is 0 Å². The molecule has 43 heavy (non-hydrogen) atoms. The predicted molar refractivity (Wildman–Crippen MR) is 157 cm³/mol. The number of nitrogens with one attached hydrogen (secondary N) is 1. The molecule has 0 saturated carbocycles. The van der Waals surface area contributed by atoms with Crippen LogP contribution in [0.25, 0.3) is 0 Å². The van der Waals surface area contributed by atoms with Crippen LogP contribution in [0.4, 0.5) is 5.69 Å². The van der Waals surface area contributed by atoms with Crippen LogP contribution in [0, 0.1) is 10.1 Å². The first-order valence-corrected chi connectivity index (χ1v) is 14.3. The normalized spacial score (nSPS) is 19.3. The van der Waals surface area contributed by atoms with Crippen LogP contribution in [-0.2, 0) is 35.0 Å². The van der Waals surface area contributed by atoms with Gasteiger partial charge in [0.25, 0.3) is 5.69 Å². The van der Waals surface area contributed by atoms with Crippen molar-refractivity contribution in [2.24, 2.45) is 0 Å². The van der Waals surface area contributed by atoms with Crippen LogP contribution in [0.5, 0.6) is 5.75 Å². The molecule has 11 nitrogen and oxygen atoms in total. The van der Waals surface area contributed by atoms with Gasteiger partial charge in [-0.1, -0.05) is 24.3 Å². The quantitative estimate of drug-likeness (QED) is 0.153. The van der Waals surface area contributed by atoms with Crippen LogP contribution in [0.15, 0.2) is 71.1 Å². The number of allylic oxidation sites excluding steroid dienone is 2. The molecule has 230 valence electrons. The minimum Gasteiger partial charge on any atom is -0.490 e. The zero-order valence-corrected chi connectivity index (χ0v) is 24.9. The number of rotatable bonds is 12. The third-order valence-corrected chi connectivity index (χ3v) is 7.35. The monoisotopic (exact) mass is 594 g/mol. The lowest BCUT2D eigenvalue weighted by molar-refractivity contribution is -0.384. The molecule has 0 bridgehead atoms. The van der Waals surface area contributed by atoms with E-state index in [2.05, 4.69) is 5.32 Å². The van der Waals surface area contributed by atoms with Crippen molar-refractivity contribution in [3.63, 3.8) is 0 Å². The lowest BCUT2D eigenvalue weighted by atomic mass is 9.80. The minimum atomic E-state index is -0.925. The molecule has 2 unspecified atom stereocenters. The van der Waals surface area contributed by atoms with Crippen LogP contribution in [0.1, 0.15) is 57.1 Å². The van der Waals surface area contributed by atoms with Crippen molar-refractivity contribution in [2.75, 3.05) is 26.9 Å². The van der Waals surface area contributed by atoms with E-state index in [1.54, 1.807) is 19.9 Å². The first kappa shape index (κ1) is 31.7. The Morgan fingerprint density at radius 3 is 2.42 bits per heavy atom. The Balaban J connectivity index is 1.37. The Hall–Kier alpha value is -4.22. The van der Waals surface area contributed by atoms with Gasteiger partial charge in [0.05, 0.1) is 35.2 Å². The number of dihydropyridines is 1. The third-order valence-electron chi connectivity index (χ3n) is 7.35. The number of methoxy groups -OCH3 is 1.